The number of hydrogen-bond acceptors (Lipinski definition) is 4. The first-order valence-electron chi connectivity index (χ1n) is 11.3. The fourth-order valence-electron chi connectivity index (χ4n) is 5.39. The summed E-state index contributed by atoms with van der Waals surface area (Å²) in [5.41, 5.74) is 2.19. The molecule has 3 saturated heterocycles. The van der Waals surface area contributed by atoms with Gasteiger partial charge in [0, 0.05) is 23.7 Å². The summed E-state index contributed by atoms with van der Waals surface area (Å²) < 4.78 is 20.3. The molecule has 0 aliphatic carbocycles. The molecular weight excluding hydrogens is 403 g/mol. The zero-order chi connectivity index (χ0) is 22.1. The Balaban J connectivity index is 1.49. The molecule has 164 valence electrons. The van der Waals surface area contributed by atoms with Crippen molar-refractivity contribution in [2.24, 2.45) is 11.8 Å². The third-order valence-corrected chi connectivity index (χ3v) is 7.04. The van der Waals surface area contributed by atoms with Crippen LogP contribution in [-0.4, -0.2) is 35.0 Å². The molecule has 2 bridgehead atoms. The molecule has 0 spiro atoms. The lowest BCUT2D eigenvalue weighted by Gasteiger charge is -2.51. The van der Waals surface area contributed by atoms with Crippen molar-refractivity contribution < 1.29 is 13.9 Å². The van der Waals surface area contributed by atoms with E-state index in [4.69, 9.17) is 4.74 Å². The van der Waals surface area contributed by atoms with Crippen molar-refractivity contribution in [3.8, 4) is 0 Å². The Morgan fingerprint density at radius 2 is 2.03 bits per heavy atom. The molecule has 3 aromatic rings. The Labute approximate surface area is 187 Å². The lowest BCUT2D eigenvalue weighted by atomic mass is 9.73. The van der Waals surface area contributed by atoms with Gasteiger partial charge in [0.25, 0.3) is 0 Å². The normalized spacial score (nSPS) is 25.4. The second kappa shape index (κ2) is 8.83. The highest BCUT2D eigenvalue weighted by molar-refractivity contribution is 5.83. The number of pyridine rings is 1. The van der Waals surface area contributed by atoms with E-state index in [9.17, 15) is 9.18 Å². The lowest BCUT2D eigenvalue weighted by Crippen LogP contribution is -2.55. The fraction of sp³-hybridized carbons (Fsp3) is 0.333. The van der Waals surface area contributed by atoms with Crippen molar-refractivity contribution in [1.29, 1.82) is 0 Å². The van der Waals surface area contributed by atoms with Gasteiger partial charge in [-0.15, -0.1) is 6.58 Å². The second-order valence-electron chi connectivity index (χ2n) is 8.84. The van der Waals surface area contributed by atoms with Gasteiger partial charge in [0.05, 0.1) is 18.0 Å². The molecule has 1 aromatic heterocycles. The maximum absolute atomic E-state index is 14.1. The number of carbonyl (C=O) groups excluding carboxylic acids is 1. The molecule has 6 rings (SSSR count). The van der Waals surface area contributed by atoms with Crippen molar-refractivity contribution in [1.82, 2.24) is 9.88 Å². The van der Waals surface area contributed by atoms with Crippen molar-refractivity contribution >= 4 is 16.9 Å². The van der Waals surface area contributed by atoms with E-state index in [0.29, 0.717) is 17.4 Å². The van der Waals surface area contributed by atoms with E-state index in [-0.39, 0.29) is 18.3 Å². The van der Waals surface area contributed by atoms with Crippen molar-refractivity contribution in [2.75, 3.05) is 13.1 Å². The Morgan fingerprint density at radius 3 is 2.81 bits per heavy atom. The minimum absolute atomic E-state index is 0.0836. The average Bonchev–Trinajstić information content (AvgIpc) is 2.84. The van der Waals surface area contributed by atoms with E-state index in [2.05, 4.69) is 22.5 Å². The first-order valence-corrected chi connectivity index (χ1v) is 11.3. The molecule has 0 saturated carbocycles. The maximum atomic E-state index is 14.1. The molecule has 0 N–H and O–H groups in total. The van der Waals surface area contributed by atoms with Crippen molar-refractivity contribution in [3.63, 3.8) is 0 Å². The molecule has 3 fully saturated rings. The summed E-state index contributed by atoms with van der Waals surface area (Å²) in [6, 6.07) is 16.3. The molecule has 1 unspecified atom stereocenters. The topological polar surface area (TPSA) is 42.4 Å². The molecular formula is C27H27FN2O2. The SMILES string of the molecule is C=C[C@H]1CN2CC[C@H]1C[C@@H]2[C@H](OC(=O)Cc1ccccc1F)c1ccnc2ccccc12. The van der Waals surface area contributed by atoms with E-state index in [0.717, 1.165) is 42.4 Å². The molecule has 3 aliphatic rings. The molecule has 3 aliphatic heterocycles. The Kier molecular flexibility index (Phi) is 5.75. The van der Waals surface area contributed by atoms with Gasteiger partial charge in [-0.05, 0) is 55.0 Å². The van der Waals surface area contributed by atoms with Gasteiger partial charge in [-0.1, -0.05) is 42.5 Å². The standard InChI is InChI=1S/C27H27FN2O2/c1-2-18-17-30-14-12-19(18)15-25(30)27(22-11-13-29-24-10-6-4-8-21(22)24)32-26(31)16-20-7-3-5-9-23(20)28/h2-11,13,18-19,25,27H,1,12,14-17H2/t18-,19-,25+,27+/m0/s1. The summed E-state index contributed by atoms with van der Waals surface area (Å²) >= 11 is 0. The molecule has 5 atom stereocenters. The summed E-state index contributed by atoms with van der Waals surface area (Å²) in [5.74, 6) is 0.223. The minimum Gasteiger partial charge on any atom is -0.456 e. The lowest BCUT2D eigenvalue weighted by molar-refractivity contribution is -0.156. The summed E-state index contributed by atoms with van der Waals surface area (Å²) in [5, 5.41) is 0.988. The third kappa shape index (κ3) is 3.93. The number of fused-ring (bicyclic) bond motifs is 4. The van der Waals surface area contributed by atoms with Gasteiger partial charge in [0.15, 0.2) is 0 Å². The van der Waals surface area contributed by atoms with Crippen LogP contribution in [0.3, 0.4) is 0 Å². The van der Waals surface area contributed by atoms with Crippen molar-refractivity contribution in [3.05, 3.63) is 90.4 Å². The number of rotatable bonds is 6. The first-order chi connectivity index (χ1) is 15.6. The van der Waals surface area contributed by atoms with Crippen LogP contribution in [0.5, 0.6) is 0 Å². The van der Waals surface area contributed by atoms with Crippen LogP contribution in [0.2, 0.25) is 0 Å². The number of carbonyl (C=O) groups is 1. The number of esters is 1. The zero-order valence-electron chi connectivity index (χ0n) is 18.0. The van der Waals surface area contributed by atoms with Gasteiger partial charge in [0.1, 0.15) is 11.9 Å². The average molecular weight is 431 g/mol. The Bertz CT molecular complexity index is 1140. The summed E-state index contributed by atoms with van der Waals surface area (Å²) in [6.45, 7) is 5.94. The van der Waals surface area contributed by atoms with E-state index < -0.39 is 12.1 Å². The molecule has 0 amide bonds. The molecule has 2 aromatic carbocycles. The van der Waals surface area contributed by atoms with E-state index in [1.807, 2.05) is 30.3 Å². The number of para-hydroxylation sites is 1. The Hall–Kier alpha value is -3.05. The number of halogens is 1. The number of aromatic nitrogens is 1. The molecule has 4 nitrogen and oxygen atoms in total. The van der Waals surface area contributed by atoms with Crippen LogP contribution in [0.4, 0.5) is 4.39 Å². The minimum atomic E-state index is -0.435. The van der Waals surface area contributed by atoms with E-state index in [1.165, 1.54) is 6.07 Å². The van der Waals surface area contributed by atoms with Gasteiger partial charge in [0.2, 0.25) is 0 Å². The number of ether oxygens (including phenoxy) is 1. The predicted octanol–water partition coefficient (Wildman–Crippen LogP) is 5.10. The fourth-order valence-corrected chi connectivity index (χ4v) is 5.39. The van der Waals surface area contributed by atoms with Crippen LogP contribution in [0.1, 0.15) is 30.1 Å². The largest absolute Gasteiger partial charge is 0.456 e. The van der Waals surface area contributed by atoms with Crippen LogP contribution in [-0.2, 0) is 16.0 Å². The second-order valence-corrected chi connectivity index (χ2v) is 8.84. The highest BCUT2D eigenvalue weighted by atomic mass is 19.1. The molecule has 4 heterocycles. The third-order valence-electron chi connectivity index (χ3n) is 7.04. The van der Waals surface area contributed by atoms with Gasteiger partial charge in [-0.25, -0.2) is 4.39 Å². The van der Waals surface area contributed by atoms with E-state index >= 15 is 0 Å². The number of nitrogens with zero attached hydrogens (tertiary/aromatic N) is 2. The zero-order valence-corrected chi connectivity index (χ0v) is 18.0. The van der Waals surface area contributed by atoms with Gasteiger partial charge in [-0.2, -0.15) is 0 Å². The summed E-state index contributed by atoms with van der Waals surface area (Å²) in [7, 11) is 0. The van der Waals surface area contributed by atoms with Crippen molar-refractivity contribution in [2.45, 2.75) is 31.4 Å². The highest BCUT2D eigenvalue weighted by Crippen LogP contribution is 2.43. The number of piperidine rings is 3. The monoisotopic (exact) mass is 430 g/mol. The number of hydrogen-bond donors (Lipinski definition) is 0. The van der Waals surface area contributed by atoms with E-state index in [1.54, 1.807) is 24.4 Å². The van der Waals surface area contributed by atoms with Crippen LogP contribution in [0.25, 0.3) is 10.9 Å². The first kappa shape index (κ1) is 20.8. The maximum Gasteiger partial charge on any atom is 0.311 e. The highest BCUT2D eigenvalue weighted by Gasteiger charge is 2.44. The van der Waals surface area contributed by atoms with Gasteiger partial charge >= 0.3 is 5.97 Å². The molecule has 5 heteroatoms. The van der Waals surface area contributed by atoms with Gasteiger partial charge < -0.3 is 4.74 Å². The van der Waals surface area contributed by atoms with Crippen LogP contribution in [0.15, 0.2) is 73.4 Å². The van der Waals surface area contributed by atoms with Crippen LogP contribution >= 0.6 is 0 Å². The summed E-state index contributed by atoms with van der Waals surface area (Å²) in [6.07, 6.45) is 5.41. The molecule has 0 radical (unpaired) electrons. The Morgan fingerprint density at radius 1 is 1.22 bits per heavy atom. The summed E-state index contributed by atoms with van der Waals surface area (Å²) in [4.78, 5) is 19.9. The van der Waals surface area contributed by atoms with Crippen LogP contribution < -0.4 is 0 Å². The smallest absolute Gasteiger partial charge is 0.311 e. The van der Waals surface area contributed by atoms with Crippen LogP contribution in [0, 0.1) is 17.7 Å². The quantitative estimate of drug-likeness (QED) is 0.403. The molecule has 32 heavy (non-hydrogen) atoms. The predicted molar refractivity (Wildman–Crippen MR) is 122 cm³/mol. The number of benzene rings is 2. The van der Waals surface area contributed by atoms with Gasteiger partial charge in [-0.3, -0.25) is 14.7 Å².